The van der Waals surface area contributed by atoms with E-state index in [1.807, 2.05) is 36.4 Å². The van der Waals surface area contributed by atoms with Gasteiger partial charge in [-0.05, 0) is 42.8 Å². The Morgan fingerprint density at radius 1 is 1.10 bits per heavy atom. The Balaban J connectivity index is 1.89. The molecule has 0 spiro atoms. The van der Waals surface area contributed by atoms with Gasteiger partial charge in [0.05, 0.1) is 15.8 Å². The first kappa shape index (κ1) is 14.0. The summed E-state index contributed by atoms with van der Waals surface area (Å²) in [7, 11) is 0. The fourth-order valence-corrected chi connectivity index (χ4v) is 3.30. The van der Waals surface area contributed by atoms with Crippen molar-refractivity contribution in [2.45, 2.75) is 19.9 Å². The first-order valence-electron chi connectivity index (χ1n) is 7.20. The third-order valence-electron chi connectivity index (χ3n) is 3.42. The van der Waals surface area contributed by atoms with E-state index < -0.39 is 0 Å². The highest BCUT2D eigenvalue weighted by Crippen LogP contribution is 2.20. The first-order valence-corrected chi connectivity index (χ1v) is 7.98. The minimum atomic E-state index is 0.0625. The van der Waals surface area contributed by atoms with Crippen LogP contribution in [0.2, 0.25) is 0 Å². The van der Waals surface area contributed by atoms with Crippen LogP contribution in [0.3, 0.4) is 0 Å². The van der Waals surface area contributed by atoms with E-state index in [0.29, 0.717) is 0 Å². The predicted molar refractivity (Wildman–Crippen MR) is 89.4 cm³/mol. The second kappa shape index (κ2) is 6.24. The zero-order valence-electron chi connectivity index (χ0n) is 12.0. The maximum absolute atomic E-state index is 12.4. The average Bonchev–Trinajstić information content (AvgIpc) is 2.86. The Bertz CT molecular complexity index is 786. The van der Waals surface area contributed by atoms with E-state index in [1.165, 1.54) is 17.1 Å². The third-order valence-corrected chi connectivity index (χ3v) is 4.53. The molecule has 0 saturated carbocycles. The van der Waals surface area contributed by atoms with Crippen LogP contribution in [0, 0.1) is 0 Å². The van der Waals surface area contributed by atoms with Gasteiger partial charge in [0.25, 0.3) is 5.56 Å². The lowest BCUT2D eigenvalue weighted by molar-refractivity contribution is 0.675. The molecule has 1 heterocycles. The van der Waals surface area contributed by atoms with Crippen LogP contribution in [-0.2, 0) is 6.54 Å². The Morgan fingerprint density at radius 3 is 2.57 bits per heavy atom. The van der Waals surface area contributed by atoms with E-state index in [9.17, 15) is 4.79 Å². The van der Waals surface area contributed by atoms with Crippen LogP contribution in [0.5, 0.6) is 0 Å². The summed E-state index contributed by atoms with van der Waals surface area (Å²) < 4.78 is 2.78. The summed E-state index contributed by atoms with van der Waals surface area (Å²) >= 11 is 1.49. The van der Waals surface area contributed by atoms with Gasteiger partial charge in [0.15, 0.2) is 0 Å². The Kier molecular flexibility index (Phi) is 4.18. The van der Waals surface area contributed by atoms with Gasteiger partial charge in [0.2, 0.25) is 0 Å². The van der Waals surface area contributed by atoms with E-state index >= 15 is 0 Å². The molecule has 0 atom stereocenters. The molecule has 0 unspecified atom stereocenters. The van der Waals surface area contributed by atoms with Crippen molar-refractivity contribution in [3.63, 3.8) is 0 Å². The molecule has 2 aromatic carbocycles. The molecular weight excluding hydrogens is 280 g/mol. The Morgan fingerprint density at radius 2 is 1.86 bits per heavy atom. The van der Waals surface area contributed by atoms with Crippen LogP contribution in [0.4, 0.5) is 0 Å². The number of nitrogens with zero attached hydrogens (tertiary/aromatic N) is 1. The number of hydrogen-bond donors (Lipinski definition) is 1. The third kappa shape index (κ3) is 2.91. The highest BCUT2D eigenvalue weighted by atomic mass is 32.1. The van der Waals surface area contributed by atoms with E-state index in [0.717, 1.165) is 35.3 Å². The monoisotopic (exact) mass is 298 g/mol. The normalized spacial score (nSPS) is 11.1. The molecule has 0 aliphatic heterocycles. The molecule has 4 heteroatoms. The molecule has 21 heavy (non-hydrogen) atoms. The van der Waals surface area contributed by atoms with Gasteiger partial charge in [-0.1, -0.05) is 42.7 Å². The number of fused-ring (bicyclic) bond motifs is 1. The largest absolute Gasteiger partial charge is 0.313 e. The molecule has 0 aliphatic carbocycles. The summed E-state index contributed by atoms with van der Waals surface area (Å²) in [6.45, 7) is 4.05. The summed E-state index contributed by atoms with van der Waals surface area (Å²) in [5, 5.41) is 4.17. The number of nitrogens with one attached hydrogen (secondary N) is 1. The Labute approximate surface area is 128 Å². The second-order valence-electron chi connectivity index (χ2n) is 5.03. The molecule has 0 bridgehead atoms. The van der Waals surface area contributed by atoms with Crippen molar-refractivity contribution in [2.24, 2.45) is 0 Å². The molecular formula is C17H18N2OS. The quantitative estimate of drug-likeness (QED) is 0.731. The van der Waals surface area contributed by atoms with Crippen LogP contribution < -0.4 is 10.9 Å². The van der Waals surface area contributed by atoms with Crippen LogP contribution >= 0.6 is 11.5 Å². The van der Waals surface area contributed by atoms with Gasteiger partial charge in [-0.15, -0.1) is 0 Å². The van der Waals surface area contributed by atoms with E-state index in [2.05, 4.69) is 24.4 Å². The lowest BCUT2D eigenvalue weighted by Gasteiger charge is -2.05. The summed E-state index contributed by atoms with van der Waals surface area (Å²) in [5.74, 6) is 0. The number of benzene rings is 2. The zero-order chi connectivity index (χ0) is 14.7. The van der Waals surface area contributed by atoms with E-state index in [1.54, 1.807) is 3.96 Å². The highest BCUT2D eigenvalue weighted by molar-refractivity contribution is 7.14. The first-order chi connectivity index (χ1) is 10.3. The van der Waals surface area contributed by atoms with Gasteiger partial charge in [0, 0.05) is 6.54 Å². The maximum atomic E-state index is 12.4. The van der Waals surface area contributed by atoms with Crippen LogP contribution in [0.25, 0.3) is 15.8 Å². The molecule has 3 rings (SSSR count). The summed E-state index contributed by atoms with van der Waals surface area (Å²) in [6.07, 6.45) is 1.13. The molecule has 0 aliphatic rings. The standard InChI is InChI=1S/C17H18N2OS/c1-2-11-18-12-13-7-9-14(10-8-13)19-17(20)15-5-3-4-6-16(15)21-19/h3-10,18H,2,11-12H2,1H3. The number of hydrogen-bond acceptors (Lipinski definition) is 3. The van der Waals surface area contributed by atoms with Crippen molar-refractivity contribution in [1.82, 2.24) is 9.27 Å². The van der Waals surface area contributed by atoms with Crippen molar-refractivity contribution in [3.05, 3.63) is 64.4 Å². The molecule has 1 aromatic heterocycles. The van der Waals surface area contributed by atoms with Crippen molar-refractivity contribution < 1.29 is 0 Å². The number of rotatable bonds is 5. The van der Waals surface area contributed by atoms with Crippen molar-refractivity contribution in [2.75, 3.05) is 6.54 Å². The topological polar surface area (TPSA) is 34.0 Å². The molecule has 3 aromatic rings. The predicted octanol–water partition coefficient (Wildman–Crippen LogP) is 3.55. The lowest BCUT2D eigenvalue weighted by atomic mass is 10.2. The molecule has 0 radical (unpaired) electrons. The van der Waals surface area contributed by atoms with Gasteiger partial charge >= 0.3 is 0 Å². The lowest BCUT2D eigenvalue weighted by Crippen LogP contribution is -2.14. The van der Waals surface area contributed by atoms with Gasteiger partial charge < -0.3 is 5.32 Å². The molecule has 0 saturated heterocycles. The second-order valence-corrected chi connectivity index (χ2v) is 6.02. The smallest absolute Gasteiger partial charge is 0.273 e. The SMILES string of the molecule is CCCNCc1ccc(-n2sc3ccccc3c2=O)cc1. The Hall–Kier alpha value is -1.91. The van der Waals surface area contributed by atoms with Crippen LogP contribution in [0.15, 0.2) is 53.3 Å². The molecule has 3 nitrogen and oxygen atoms in total. The van der Waals surface area contributed by atoms with E-state index in [4.69, 9.17) is 0 Å². The van der Waals surface area contributed by atoms with Crippen molar-refractivity contribution >= 4 is 21.6 Å². The fraction of sp³-hybridized carbons (Fsp3) is 0.235. The van der Waals surface area contributed by atoms with E-state index in [-0.39, 0.29) is 5.56 Å². The number of aromatic nitrogens is 1. The minimum absolute atomic E-state index is 0.0625. The van der Waals surface area contributed by atoms with Crippen molar-refractivity contribution in [3.8, 4) is 5.69 Å². The minimum Gasteiger partial charge on any atom is -0.313 e. The maximum Gasteiger partial charge on any atom is 0.273 e. The molecule has 0 amide bonds. The van der Waals surface area contributed by atoms with Gasteiger partial charge in [-0.25, -0.2) is 3.96 Å². The van der Waals surface area contributed by atoms with Gasteiger partial charge in [-0.2, -0.15) is 0 Å². The summed E-state index contributed by atoms with van der Waals surface area (Å²) in [5.41, 5.74) is 2.23. The zero-order valence-corrected chi connectivity index (χ0v) is 12.8. The average molecular weight is 298 g/mol. The molecule has 1 N–H and O–H groups in total. The molecule has 0 fully saturated rings. The highest BCUT2D eigenvalue weighted by Gasteiger charge is 2.08. The molecule has 108 valence electrons. The summed E-state index contributed by atoms with van der Waals surface area (Å²) in [4.78, 5) is 12.4. The fourth-order valence-electron chi connectivity index (χ4n) is 2.30. The van der Waals surface area contributed by atoms with Crippen LogP contribution in [0.1, 0.15) is 18.9 Å². The van der Waals surface area contributed by atoms with Gasteiger partial charge in [0.1, 0.15) is 0 Å². The van der Waals surface area contributed by atoms with Gasteiger partial charge in [-0.3, -0.25) is 4.79 Å². The van der Waals surface area contributed by atoms with Crippen LogP contribution in [-0.4, -0.2) is 10.5 Å². The summed E-state index contributed by atoms with van der Waals surface area (Å²) in [6, 6.07) is 15.9. The van der Waals surface area contributed by atoms with Crippen molar-refractivity contribution in [1.29, 1.82) is 0 Å².